The number of imide groups is 1. The molecule has 0 atom stereocenters. The van der Waals surface area contributed by atoms with Crippen molar-refractivity contribution in [3.63, 3.8) is 0 Å². The Kier molecular flexibility index (Phi) is 9.21. The van der Waals surface area contributed by atoms with Crippen LogP contribution in [0.25, 0.3) is 6.08 Å². The molecule has 7 nitrogen and oxygen atoms in total. The Morgan fingerprint density at radius 2 is 1.71 bits per heavy atom. The number of carbonyl (C=O) groups is 3. The first-order valence-corrected chi connectivity index (χ1v) is 13.4. The van der Waals surface area contributed by atoms with Gasteiger partial charge in [0.25, 0.3) is 11.1 Å². The normalized spacial score (nSPS) is 14.5. The highest BCUT2D eigenvalue weighted by Crippen LogP contribution is 2.38. The summed E-state index contributed by atoms with van der Waals surface area (Å²) in [6, 6.07) is 13.3. The first-order valence-electron chi connectivity index (χ1n) is 11.8. The number of rotatable bonds is 8. The minimum absolute atomic E-state index is 0.0000867. The number of hydrogen-bond donors (Lipinski definition) is 1. The van der Waals surface area contributed by atoms with Gasteiger partial charge in [-0.25, -0.2) is 0 Å². The van der Waals surface area contributed by atoms with Crippen molar-refractivity contribution in [1.82, 2.24) is 4.90 Å². The van der Waals surface area contributed by atoms with Crippen molar-refractivity contribution in [1.29, 1.82) is 0 Å². The maximum absolute atomic E-state index is 13.1. The maximum Gasteiger partial charge on any atom is 0.416 e. The van der Waals surface area contributed by atoms with E-state index < -0.39 is 35.3 Å². The van der Waals surface area contributed by atoms with E-state index in [1.165, 1.54) is 25.3 Å². The molecule has 1 fully saturated rings. The summed E-state index contributed by atoms with van der Waals surface area (Å²) in [5, 5.41) is 1.90. The Morgan fingerprint density at radius 1 is 1.05 bits per heavy atom. The van der Waals surface area contributed by atoms with E-state index in [0.717, 1.165) is 23.3 Å². The van der Waals surface area contributed by atoms with Crippen molar-refractivity contribution in [3.05, 3.63) is 91.8 Å². The SMILES string of the molecule is COc1ccc(C(F)(F)F)cc1NC(=O)CN1C(=O)S/C(=C\c2cc(Cl)c(OCc3ccc(C)cc3)c(Cl)c2)C1=O. The summed E-state index contributed by atoms with van der Waals surface area (Å²) in [4.78, 5) is 38.7. The van der Waals surface area contributed by atoms with Crippen LogP contribution in [-0.2, 0) is 22.4 Å². The fourth-order valence-electron chi connectivity index (χ4n) is 3.74. The quantitative estimate of drug-likeness (QED) is 0.260. The van der Waals surface area contributed by atoms with Gasteiger partial charge < -0.3 is 14.8 Å². The zero-order chi connectivity index (χ0) is 29.9. The summed E-state index contributed by atoms with van der Waals surface area (Å²) in [6.45, 7) is 1.47. The number of benzene rings is 3. The van der Waals surface area contributed by atoms with Crippen LogP contribution in [0.1, 0.15) is 22.3 Å². The van der Waals surface area contributed by atoms with Crippen LogP contribution in [0.3, 0.4) is 0 Å². The lowest BCUT2D eigenvalue weighted by molar-refractivity contribution is -0.137. The van der Waals surface area contributed by atoms with Gasteiger partial charge in [0.2, 0.25) is 5.91 Å². The summed E-state index contributed by atoms with van der Waals surface area (Å²) in [5.74, 6) is -1.44. The van der Waals surface area contributed by atoms with E-state index in [9.17, 15) is 27.6 Å². The largest absolute Gasteiger partial charge is 0.495 e. The maximum atomic E-state index is 13.1. The zero-order valence-corrected chi connectivity index (χ0v) is 23.8. The Balaban J connectivity index is 1.45. The number of nitrogens with one attached hydrogen (secondary N) is 1. The second-order valence-electron chi connectivity index (χ2n) is 8.82. The van der Waals surface area contributed by atoms with Crippen molar-refractivity contribution in [2.24, 2.45) is 0 Å². The molecular formula is C28H21Cl2F3N2O5S. The number of hydrogen-bond acceptors (Lipinski definition) is 6. The van der Waals surface area contributed by atoms with Crippen LogP contribution in [0, 0.1) is 6.92 Å². The summed E-state index contributed by atoms with van der Waals surface area (Å²) in [6.07, 6.45) is -3.26. The number of methoxy groups -OCH3 is 1. The minimum Gasteiger partial charge on any atom is -0.495 e. The Morgan fingerprint density at radius 3 is 2.32 bits per heavy atom. The monoisotopic (exact) mass is 624 g/mol. The van der Waals surface area contributed by atoms with Crippen molar-refractivity contribution < 1.29 is 37.0 Å². The van der Waals surface area contributed by atoms with Gasteiger partial charge in [-0.1, -0.05) is 53.0 Å². The van der Waals surface area contributed by atoms with E-state index in [1.54, 1.807) is 0 Å². The highest BCUT2D eigenvalue weighted by atomic mass is 35.5. The second-order valence-corrected chi connectivity index (χ2v) is 10.6. The van der Waals surface area contributed by atoms with E-state index in [-0.39, 0.29) is 38.7 Å². The number of anilines is 1. The summed E-state index contributed by atoms with van der Waals surface area (Å²) < 4.78 is 50.1. The van der Waals surface area contributed by atoms with Crippen molar-refractivity contribution >= 4 is 63.8 Å². The summed E-state index contributed by atoms with van der Waals surface area (Å²) in [5.41, 5.74) is 1.16. The van der Waals surface area contributed by atoms with Crippen molar-refractivity contribution in [2.75, 3.05) is 19.0 Å². The first kappa shape index (κ1) is 30.3. The van der Waals surface area contributed by atoms with Crippen LogP contribution in [0.4, 0.5) is 23.7 Å². The minimum atomic E-state index is -4.65. The van der Waals surface area contributed by atoms with Crippen molar-refractivity contribution in [2.45, 2.75) is 19.7 Å². The molecule has 0 bridgehead atoms. The Bertz CT molecular complexity index is 1520. The Hall–Kier alpha value is -3.67. The molecule has 0 saturated carbocycles. The Labute approximate surface area is 247 Å². The molecule has 3 aromatic carbocycles. The molecule has 41 heavy (non-hydrogen) atoms. The van der Waals surface area contributed by atoms with Gasteiger partial charge in [-0.2, -0.15) is 13.2 Å². The average Bonchev–Trinajstić information content (AvgIpc) is 3.15. The molecule has 1 heterocycles. The standard InChI is InChI=1S/C28H21Cl2F3N2O5S/c1-15-3-5-16(6-4-15)14-40-25-19(29)9-17(10-20(25)30)11-23-26(37)35(27(38)41-23)13-24(36)34-21-12-18(28(31,32)33)7-8-22(21)39-2/h3-12H,13-14H2,1-2H3,(H,34,36)/b23-11-. The average molecular weight is 625 g/mol. The molecule has 0 unspecified atom stereocenters. The molecular weight excluding hydrogens is 604 g/mol. The van der Waals surface area contributed by atoms with Gasteiger partial charge in [0.1, 0.15) is 18.9 Å². The molecule has 4 rings (SSSR count). The number of halogens is 5. The van der Waals surface area contributed by atoms with Gasteiger partial charge >= 0.3 is 6.18 Å². The number of thioether (sulfide) groups is 1. The molecule has 1 N–H and O–H groups in total. The number of carbonyl (C=O) groups excluding carboxylic acids is 3. The van der Waals surface area contributed by atoms with E-state index in [2.05, 4.69) is 5.32 Å². The molecule has 0 aromatic heterocycles. The lowest BCUT2D eigenvalue weighted by Gasteiger charge is -2.16. The number of alkyl halides is 3. The van der Waals surface area contributed by atoms with E-state index >= 15 is 0 Å². The molecule has 1 aliphatic rings. The smallest absolute Gasteiger partial charge is 0.416 e. The molecule has 13 heteroatoms. The molecule has 0 spiro atoms. The van der Waals surface area contributed by atoms with Crippen LogP contribution in [0.2, 0.25) is 10.0 Å². The van der Waals surface area contributed by atoms with Gasteiger partial charge in [-0.15, -0.1) is 0 Å². The third kappa shape index (κ3) is 7.35. The first-order chi connectivity index (χ1) is 19.3. The lowest BCUT2D eigenvalue weighted by Crippen LogP contribution is -2.36. The molecule has 1 saturated heterocycles. The fraction of sp³-hybridized carbons (Fsp3) is 0.179. The molecule has 1 aliphatic heterocycles. The van der Waals surface area contributed by atoms with Crippen LogP contribution in [0.5, 0.6) is 11.5 Å². The molecule has 3 amide bonds. The van der Waals surface area contributed by atoms with Gasteiger partial charge in [-0.05, 0) is 66.2 Å². The number of amides is 3. The van der Waals surface area contributed by atoms with Crippen LogP contribution >= 0.6 is 35.0 Å². The van der Waals surface area contributed by atoms with Gasteiger partial charge in [0.05, 0.1) is 33.3 Å². The second kappa shape index (κ2) is 12.5. The third-order valence-electron chi connectivity index (χ3n) is 5.80. The molecule has 0 aliphatic carbocycles. The van der Waals surface area contributed by atoms with Crippen LogP contribution in [-0.4, -0.2) is 35.6 Å². The van der Waals surface area contributed by atoms with Crippen LogP contribution < -0.4 is 14.8 Å². The fourth-order valence-corrected chi connectivity index (χ4v) is 5.19. The topological polar surface area (TPSA) is 84.9 Å². The predicted molar refractivity (Wildman–Crippen MR) is 151 cm³/mol. The van der Waals surface area contributed by atoms with E-state index in [0.29, 0.717) is 28.3 Å². The van der Waals surface area contributed by atoms with Crippen molar-refractivity contribution in [3.8, 4) is 11.5 Å². The number of aryl methyl sites for hydroxylation is 1. The number of ether oxygens (including phenoxy) is 2. The number of nitrogens with zero attached hydrogens (tertiary/aromatic N) is 1. The molecule has 3 aromatic rings. The summed E-state index contributed by atoms with van der Waals surface area (Å²) >= 11 is 13.3. The lowest BCUT2D eigenvalue weighted by atomic mass is 10.1. The highest BCUT2D eigenvalue weighted by Gasteiger charge is 2.37. The summed E-state index contributed by atoms with van der Waals surface area (Å²) in [7, 11) is 1.22. The predicted octanol–water partition coefficient (Wildman–Crippen LogP) is 7.58. The van der Waals surface area contributed by atoms with Gasteiger partial charge in [0, 0.05) is 0 Å². The third-order valence-corrected chi connectivity index (χ3v) is 7.27. The van der Waals surface area contributed by atoms with Crippen LogP contribution in [0.15, 0.2) is 59.5 Å². The van der Waals surface area contributed by atoms with E-state index in [4.69, 9.17) is 32.7 Å². The highest BCUT2D eigenvalue weighted by molar-refractivity contribution is 8.18. The van der Waals surface area contributed by atoms with Gasteiger partial charge in [0.15, 0.2) is 5.75 Å². The van der Waals surface area contributed by atoms with E-state index in [1.807, 2.05) is 31.2 Å². The zero-order valence-electron chi connectivity index (χ0n) is 21.5. The molecule has 0 radical (unpaired) electrons. The van der Waals surface area contributed by atoms with Gasteiger partial charge in [-0.3, -0.25) is 19.3 Å². The molecule has 214 valence electrons.